The number of carbonyl (C=O) groups is 1. The number of hydrogen-bond donors (Lipinski definition) is 1. The fraction of sp³-hybridized carbons (Fsp3) is 0.552. The second-order valence-corrected chi connectivity index (χ2v) is 10.5. The molecule has 8 heteroatoms. The van der Waals surface area contributed by atoms with Gasteiger partial charge in [-0.2, -0.15) is 0 Å². The highest BCUT2D eigenvalue weighted by Gasteiger charge is 2.29. The van der Waals surface area contributed by atoms with Crippen LogP contribution < -0.4 is 5.56 Å². The van der Waals surface area contributed by atoms with E-state index in [4.69, 9.17) is 14.5 Å². The Morgan fingerprint density at radius 1 is 1.22 bits per heavy atom. The van der Waals surface area contributed by atoms with Gasteiger partial charge >= 0.3 is 5.97 Å². The number of aromatic nitrogens is 3. The quantitative estimate of drug-likeness (QED) is 0.409. The lowest BCUT2D eigenvalue weighted by molar-refractivity contribution is -0.157. The highest BCUT2D eigenvalue weighted by atomic mass is 16.5. The zero-order chi connectivity index (χ0) is 26.7. The van der Waals surface area contributed by atoms with E-state index in [1.807, 2.05) is 25.3 Å². The van der Waals surface area contributed by atoms with Crippen LogP contribution in [0.25, 0.3) is 22.4 Å². The summed E-state index contributed by atoms with van der Waals surface area (Å²) < 4.78 is 14.9. The van der Waals surface area contributed by atoms with Crippen molar-refractivity contribution in [2.75, 3.05) is 13.7 Å². The van der Waals surface area contributed by atoms with Crippen LogP contribution in [-0.2, 0) is 27.7 Å². The number of carbonyl (C=O) groups excluding carboxylic acids is 1. The summed E-state index contributed by atoms with van der Waals surface area (Å²) in [6, 6.07) is 8.06. The van der Waals surface area contributed by atoms with Gasteiger partial charge in [0.2, 0.25) is 0 Å². The topological polar surface area (TPSA) is 95.6 Å². The van der Waals surface area contributed by atoms with Crippen LogP contribution in [-0.4, -0.2) is 51.1 Å². The number of fused-ring (bicyclic) bond motifs is 1. The SMILES string of the molecule is COC[C@H](C)n1c(-c2cc(C)c(=O)n(C)c2)nc2cc(CC[C@H](C(=O)OC3CCCC3)[C@@H](C)O)ccc21. The number of imidazole rings is 1. The van der Waals surface area contributed by atoms with Gasteiger partial charge in [-0.25, -0.2) is 4.98 Å². The van der Waals surface area contributed by atoms with Crippen molar-refractivity contribution in [1.29, 1.82) is 0 Å². The standard InChI is InChI=1S/C29H39N3O5/c1-18-14-22(16-31(4)28(18)34)27-30-25-15-21(11-13-26(25)32(27)19(2)17-36-5)10-12-24(20(3)33)29(35)37-23-8-6-7-9-23/h11,13-16,19-20,23-24,33H,6-10,12,17H2,1-5H3/t19-,20+,24-/m0/s1. The number of ether oxygens (including phenoxy) is 2. The molecule has 0 amide bonds. The fourth-order valence-electron chi connectivity index (χ4n) is 5.40. The summed E-state index contributed by atoms with van der Waals surface area (Å²) >= 11 is 0. The van der Waals surface area contributed by atoms with Gasteiger partial charge in [0.1, 0.15) is 11.9 Å². The van der Waals surface area contributed by atoms with E-state index in [0.717, 1.165) is 53.7 Å². The Hall–Kier alpha value is -2.97. The third-order valence-electron chi connectivity index (χ3n) is 7.44. The number of benzene rings is 1. The molecule has 8 nitrogen and oxygen atoms in total. The van der Waals surface area contributed by atoms with E-state index < -0.39 is 12.0 Å². The van der Waals surface area contributed by atoms with Crippen LogP contribution in [0.15, 0.2) is 35.3 Å². The molecule has 4 rings (SSSR count). The summed E-state index contributed by atoms with van der Waals surface area (Å²) in [4.78, 5) is 30.0. The molecule has 0 radical (unpaired) electrons. The predicted molar refractivity (Wildman–Crippen MR) is 144 cm³/mol. The number of esters is 1. The summed E-state index contributed by atoms with van der Waals surface area (Å²) in [5.41, 5.74) is 4.35. The zero-order valence-electron chi connectivity index (χ0n) is 22.6. The Labute approximate surface area is 218 Å². The minimum absolute atomic E-state index is 0.0114. The van der Waals surface area contributed by atoms with Gasteiger partial charge in [-0.05, 0) is 83.1 Å². The Balaban J connectivity index is 1.62. The molecule has 1 saturated carbocycles. The molecule has 3 atom stereocenters. The van der Waals surface area contributed by atoms with Gasteiger partial charge in [-0.1, -0.05) is 6.07 Å². The molecule has 1 aliphatic carbocycles. The first kappa shape index (κ1) is 27.1. The van der Waals surface area contributed by atoms with Crippen molar-refractivity contribution in [1.82, 2.24) is 14.1 Å². The van der Waals surface area contributed by atoms with Crippen molar-refractivity contribution in [3.63, 3.8) is 0 Å². The monoisotopic (exact) mass is 509 g/mol. The second-order valence-electron chi connectivity index (χ2n) is 10.5. The molecule has 2 heterocycles. The van der Waals surface area contributed by atoms with Crippen LogP contribution in [0.5, 0.6) is 0 Å². The van der Waals surface area contributed by atoms with Crippen LogP contribution in [0.2, 0.25) is 0 Å². The second kappa shape index (κ2) is 11.6. The highest BCUT2D eigenvalue weighted by Crippen LogP contribution is 2.30. The molecule has 1 aliphatic rings. The van der Waals surface area contributed by atoms with Crippen molar-refractivity contribution in [2.45, 2.75) is 77.5 Å². The lowest BCUT2D eigenvalue weighted by atomic mass is 9.95. The largest absolute Gasteiger partial charge is 0.462 e. The number of rotatable bonds is 10. The third kappa shape index (κ3) is 5.96. The molecule has 37 heavy (non-hydrogen) atoms. The molecule has 0 saturated heterocycles. The van der Waals surface area contributed by atoms with E-state index in [9.17, 15) is 14.7 Å². The van der Waals surface area contributed by atoms with Crippen LogP contribution in [0.3, 0.4) is 0 Å². The maximum absolute atomic E-state index is 12.8. The first-order valence-electron chi connectivity index (χ1n) is 13.3. The smallest absolute Gasteiger partial charge is 0.311 e. The number of methoxy groups -OCH3 is 1. The van der Waals surface area contributed by atoms with Crippen molar-refractivity contribution in [3.8, 4) is 11.4 Å². The van der Waals surface area contributed by atoms with E-state index in [-0.39, 0.29) is 23.7 Å². The minimum Gasteiger partial charge on any atom is -0.462 e. The molecule has 2 aromatic heterocycles. The van der Waals surface area contributed by atoms with Gasteiger partial charge in [-0.3, -0.25) is 9.59 Å². The van der Waals surface area contributed by atoms with E-state index in [1.165, 1.54) is 0 Å². The molecular formula is C29H39N3O5. The van der Waals surface area contributed by atoms with Gasteiger partial charge in [-0.15, -0.1) is 0 Å². The summed E-state index contributed by atoms with van der Waals surface area (Å²) in [7, 11) is 3.43. The average Bonchev–Trinajstić information content (AvgIpc) is 3.49. The van der Waals surface area contributed by atoms with Crippen LogP contribution in [0, 0.1) is 12.8 Å². The summed E-state index contributed by atoms with van der Waals surface area (Å²) in [5.74, 6) is -0.0786. The Bertz CT molecular complexity index is 1280. The van der Waals surface area contributed by atoms with E-state index in [0.29, 0.717) is 25.0 Å². The Kier molecular flexibility index (Phi) is 8.49. The number of aryl methyl sites for hydroxylation is 3. The average molecular weight is 510 g/mol. The highest BCUT2D eigenvalue weighted by molar-refractivity contribution is 5.81. The predicted octanol–water partition coefficient (Wildman–Crippen LogP) is 4.33. The molecule has 0 spiro atoms. The maximum Gasteiger partial charge on any atom is 0.311 e. The van der Waals surface area contributed by atoms with Gasteiger partial charge in [0.05, 0.1) is 35.7 Å². The number of hydrogen-bond acceptors (Lipinski definition) is 6. The van der Waals surface area contributed by atoms with Gasteiger partial charge in [0.15, 0.2) is 0 Å². The molecule has 1 N–H and O–H groups in total. The van der Waals surface area contributed by atoms with E-state index in [2.05, 4.69) is 23.6 Å². The van der Waals surface area contributed by atoms with Crippen molar-refractivity contribution >= 4 is 17.0 Å². The molecular weight excluding hydrogens is 470 g/mol. The van der Waals surface area contributed by atoms with Gasteiger partial charge in [0.25, 0.3) is 5.56 Å². The molecule has 200 valence electrons. The first-order chi connectivity index (χ1) is 17.7. The molecule has 0 bridgehead atoms. The normalized spacial score (nSPS) is 16.7. The number of nitrogens with zero attached hydrogens (tertiary/aromatic N) is 3. The molecule has 0 unspecified atom stereocenters. The maximum atomic E-state index is 12.8. The summed E-state index contributed by atoms with van der Waals surface area (Å²) in [5, 5.41) is 10.3. The van der Waals surface area contributed by atoms with Crippen LogP contribution >= 0.6 is 0 Å². The van der Waals surface area contributed by atoms with Crippen molar-refractivity contribution in [2.24, 2.45) is 13.0 Å². The Morgan fingerprint density at radius 3 is 2.59 bits per heavy atom. The van der Waals surface area contributed by atoms with Crippen LogP contribution in [0.4, 0.5) is 0 Å². The third-order valence-corrected chi connectivity index (χ3v) is 7.44. The van der Waals surface area contributed by atoms with Crippen molar-refractivity contribution in [3.05, 3.63) is 51.9 Å². The van der Waals surface area contributed by atoms with Gasteiger partial charge in [0, 0.05) is 31.5 Å². The number of aliphatic hydroxyl groups excluding tert-OH is 1. The first-order valence-corrected chi connectivity index (χ1v) is 13.3. The molecule has 0 aliphatic heterocycles. The molecule has 3 aromatic rings. The lowest BCUT2D eigenvalue weighted by Gasteiger charge is -2.21. The molecule has 1 aromatic carbocycles. The minimum atomic E-state index is -0.772. The fourth-order valence-corrected chi connectivity index (χ4v) is 5.40. The van der Waals surface area contributed by atoms with Crippen molar-refractivity contribution < 1.29 is 19.4 Å². The van der Waals surface area contributed by atoms with E-state index >= 15 is 0 Å². The van der Waals surface area contributed by atoms with Gasteiger partial charge < -0.3 is 23.7 Å². The zero-order valence-corrected chi connectivity index (χ0v) is 22.6. The lowest BCUT2D eigenvalue weighted by Crippen LogP contribution is -2.30. The summed E-state index contributed by atoms with van der Waals surface area (Å²) in [6.45, 7) is 6.07. The number of pyridine rings is 1. The summed E-state index contributed by atoms with van der Waals surface area (Å²) in [6.07, 6.45) is 6.17. The Morgan fingerprint density at radius 2 is 1.95 bits per heavy atom. The van der Waals surface area contributed by atoms with Crippen LogP contribution in [0.1, 0.15) is 63.1 Å². The van der Waals surface area contributed by atoms with E-state index in [1.54, 1.807) is 25.6 Å². The number of aliphatic hydroxyl groups is 1. The molecule has 1 fully saturated rings.